The standard InChI is InChI=1S/C14H23N3/c1-12-7-13(9-15-8-12)10-16-11-14(17(2)3)5-4-6-14/h7-9,16H,4-6,10-11H2,1-3H3. The Labute approximate surface area is 104 Å². The van der Waals surface area contributed by atoms with Gasteiger partial charge in [-0.15, -0.1) is 0 Å². The van der Waals surface area contributed by atoms with Crippen LogP contribution < -0.4 is 5.32 Å². The van der Waals surface area contributed by atoms with Crippen molar-refractivity contribution in [3.63, 3.8) is 0 Å². The molecule has 1 heterocycles. The molecule has 94 valence electrons. The van der Waals surface area contributed by atoms with Crippen molar-refractivity contribution in [1.82, 2.24) is 15.2 Å². The fourth-order valence-electron chi connectivity index (χ4n) is 2.52. The zero-order chi connectivity index (χ0) is 12.3. The number of hydrogen-bond donors (Lipinski definition) is 1. The van der Waals surface area contributed by atoms with Crippen molar-refractivity contribution in [2.75, 3.05) is 20.6 Å². The summed E-state index contributed by atoms with van der Waals surface area (Å²) < 4.78 is 0. The van der Waals surface area contributed by atoms with Crippen LogP contribution in [0.5, 0.6) is 0 Å². The number of nitrogens with zero attached hydrogens (tertiary/aromatic N) is 2. The lowest BCUT2D eigenvalue weighted by Gasteiger charge is -2.47. The summed E-state index contributed by atoms with van der Waals surface area (Å²) in [5, 5.41) is 3.57. The first-order chi connectivity index (χ1) is 8.12. The van der Waals surface area contributed by atoms with Gasteiger partial charge >= 0.3 is 0 Å². The lowest BCUT2D eigenvalue weighted by molar-refractivity contribution is 0.0598. The predicted molar refractivity (Wildman–Crippen MR) is 70.9 cm³/mol. The van der Waals surface area contributed by atoms with Gasteiger partial charge in [0.2, 0.25) is 0 Å². The summed E-state index contributed by atoms with van der Waals surface area (Å²) in [5.74, 6) is 0. The van der Waals surface area contributed by atoms with Crippen molar-refractivity contribution >= 4 is 0 Å². The Morgan fingerprint density at radius 1 is 1.35 bits per heavy atom. The Morgan fingerprint density at radius 2 is 2.12 bits per heavy atom. The molecule has 17 heavy (non-hydrogen) atoms. The van der Waals surface area contributed by atoms with Gasteiger partial charge in [0.15, 0.2) is 0 Å². The second-order valence-electron chi connectivity index (χ2n) is 5.45. The summed E-state index contributed by atoms with van der Waals surface area (Å²) in [5.41, 5.74) is 2.91. The molecular weight excluding hydrogens is 210 g/mol. The van der Waals surface area contributed by atoms with Gasteiger partial charge < -0.3 is 10.2 Å². The summed E-state index contributed by atoms with van der Waals surface area (Å²) in [4.78, 5) is 6.59. The third-order valence-electron chi connectivity index (χ3n) is 3.95. The van der Waals surface area contributed by atoms with Gasteiger partial charge in [-0.2, -0.15) is 0 Å². The van der Waals surface area contributed by atoms with Gasteiger partial charge in [0.1, 0.15) is 0 Å². The molecule has 0 radical (unpaired) electrons. The molecule has 2 rings (SSSR count). The van der Waals surface area contributed by atoms with Crippen molar-refractivity contribution < 1.29 is 0 Å². The van der Waals surface area contributed by atoms with Gasteiger partial charge in [0.25, 0.3) is 0 Å². The molecule has 0 aliphatic heterocycles. The van der Waals surface area contributed by atoms with Gasteiger partial charge in [-0.05, 0) is 51.4 Å². The van der Waals surface area contributed by atoms with E-state index in [9.17, 15) is 0 Å². The van der Waals surface area contributed by atoms with E-state index in [4.69, 9.17) is 0 Å². The van der Waals surface area contributed by atoms with E-state index in [0.29, 0.717) is 5.54 Å². The van der Waals surface area contributed by atoms with Crippen LogP contribution in [0, 0.1) is 6.92 Å². The average Bonchev–Trinajstić information content (AvgIpc) is 2.21. The lowest BCUT2D eigenvalue weighted by atomic mass is 9.75. The molecule has 0 aromatic carbocycles. The maximum Gasteiger partial charge on any atom is 0.0328 e. The zero-order valence-corrected chi connectivity index (χ0v) is 11.2. The first kappa shape index (κ1) is 12.5. The van der Waals surface area contributed by atoms with Gasteiger partial charge in [-0.3, -0.25) is 4.98 Å². The molecule has 1 N–H and O–H groups in total. The summed E-state index contributed by atoms with van der Waals surface area (Å²) in [6.45, 7) is 4.09. The number of aromatic nitrogens is 1. The fraction of sp³-hybridized carbons (Fsp3) is 0.643. The molecule has 1 aliphatic carbocycles. The smallest absolute Gasteiger partial charge is 0.0328 e. The summed E-state index contributed by atoms with van der Waals surface area (Å²) in [6.07, 6.45) is 7.85. The van der Waals surface area contributed by atoms with E-state index in [1.54, 1.807) is 0 Å². The molecule has 0 saturated heterocycles. The number of nitrogens with one attached hydrogen (secondary N) is 1. The van der Waals surface area contributed by atoms with Crippen LogP contribution in [0.3, 0.4) is 0 Å². The predicted octanol–water partition coefficient (Wildman–Crippen LogP) is 1.96. The number of pyridine rings is 1. The van der Waals surface area contributed by atoms with Gasteiger partial charge in [-0.1, -0.05) is 6.07 Å². The van der Waals surface area contributed by atoms with E-state index in [-0.39, 0.29) is 0 Å². The van der Waals surface area contributed by atoms with Crippen LogP contribution in [0.25, 0.3) is 0 Å². The van der Waals surface area contributed by atoms with E-state index in [2.05, 4.69) is 42.3 Å². The minimum Gasteiger partial charge on any atom is -0.311 e. The Hall–Kier alpha value is -0.930. The minimum absolute atomic E-state index is 0.400. The first-order valence-corrected chi connectivity index (χ1v) is 6.41. The molecule has 1 aromatic rings. The monoisotopic (exact) mass is 233 g/mol. The second-order valence-corrected chi connectivity index (χ2v) is 5.45. The molecule has 1 fully saturated rings. The van der Waals surface area contributed by atoms with Gasteiger partial charge in [0, 0.05) is 31.0 Å². The molecule has 0 atom stereocenters. The molecule has 0 unspecified atom stereocenters. The van der Waals surface area contributed by atoms with E-state index in [1.165, 1.54) is 30.4 Å². The highest BCUT2D eigenvalue weighted by Gasteiger charge is 2.38. The van der Waals surface area contributed by atoms with Crippen LogP contribution >= 0.6 is 0 Å². The Balaban J connectivity index is 1.83. The Kier molecular flexibility index (Phi) is 3.79. The third-order valence-corrected chi connectivity index (χ3v) is 3.95. The van der Waals surface area contributed by atoms with Crippen LogP contribution in [-0.2, 0) is 6.54 Å². The molecule has 0 bridgehead atoms. The SMILES string of the molecule is Cc1cncc(CNCC2(N(C)C)CCC2)c1. The molecular formula is C14H23N3. The van der Waals surface area contributed by atoms with Crippen LogP contribution in [0.1, 0.15) is 30.4 Å². The molecule has 0 amide bonds. The maximum atomic E-state index is 4.22. The number of likely N-dealkylation sites (N-methyl/N-ethyl adjacent to an activating group) is 1. The van der Waals surface area contributed by atoms with Crippen molar-refractivity contribution in [2.45, 2.75) is 38.3 Å². The number of hydrogen-bond acceptors (Lipinski definition) is 3. The van der Waals surface area contributed by atoms with E-state index in [1.807, 2.05) is 12.4 Å². The highest BCUT2D eigenvalue weighted by Crippen LogP contribution is 2.35. The van der Waals surface area contributed by atoms with Crippen molar-refractivity contribution in [1.29, 1.82) is 0 Å². The number of rotatable bonds is 5. The molecule has 1 aromatic heterocycles. The first-order valence-electron chi connectivity index (χ1n) is 6.41. The average molecular weight is 233 g/mol. The summed E-state index contributed by atoms with van der Waals surface area (Å²) in [6, 6.07) is 2.20. The molecule has 3 heteroatoms. The van der Waals surface area contributed by atoms with E-state index in [0.717, 1.165) is 13.1 Å². The summed E-state index contributed by atoms with van der Waals surface area (Å²) >= 11 is 0. The van der Waals surface area contributed by atoms with Crippen LogP contribution in [-0.4, -0.2) is 36.1 Å². The molecule has 0 spiro atoms. The van der Waals surface area contributed by atoms with Crippen molar-refractivity contribution in [3.8, 4) is 0 Å². The van der Waals surface area contributed by atoms with Gasteiger partial charge in [0.05, 0.1) is 0 Å². The highest BCUT2D eigenvalue weighted by atomic mass is 15.2. The third kappa shape index (κ3) is 2.85. The van der Waals surface area contributed by atoms with Crippen molar-refractivity contribution in [2.24, 2.45) is 0 Å². The Morgan fingerprint density at radius 3 is 2.65 bits per heavy atom. The largest absolute Gasteiger partial charge is 0.311 e. The number of aryl methyl sites for hydroxylation is 1. The van der Waals surface area contributed by atoms with E-state index < -0.39 is 0 Å². The van der Waals surface area contributed by atoms with Crippen LogP contribution in [0.2, 0.25) is 0 Å². The van der Waals surface area contributed by atoms with Gasteiger partial charge in [-0.25, -0.2) is 0 Å². The minimum atomic E-state index is 0.400. The van der Waals surface area contributed by atoms with Crippen molar-refractivity contribution in [3.05, 3.63) is 29.6 Å². The molecule has 1 saturated carbocycles. The van der Waals surface area contributed by atoms with Crippen LogP contribution in [0.15, 0.2) is 18.5 Å². The summed E-state index contributed by atoms with van der Waals surface area (Å²) in [7, 11) is 4.38. The zero-order valence-electron chi connectivity index (χ0n) is 11.2. The molecule has 1 aliphatic rings. The normalized spacial score (nSPS) is 18.1. The molecule has 3 nitrogen and oxygen atoms in total. The topological polar surface area (TPSA) is 28.2 Å². The fourth-order valence-corrected chi connectivity index (χ4v) is 2.52. The Bertz CT molecular complexity index is 369. The maximum absolute atomic E-state index is 4.22. The highest BCUT2D eigenvalue weighted by molar-refractivity contribution is 5.16. The van der Waals surface area contributed by atoms with Crippen LogP contribution in [0.4, 0.5) is 0 Å². The van der Waals surface area contributed by atoms with E-state index >= 15 is 0 Å². The second kappa shape index (κ2) is 5.15. The lowest BCUT2D eigenvalue weighted by Crippen LogP contribution is -2.56. The quantitative estimate of drug-likeness (QED) is 0.842.